The molecule has 0 spiro atoms. The molecule has 0 aliphatic heterocycles. The molecule has 0 aliphatic rings. The molecule has 0 heterocycles. The van der Waals surface area contributed by atoms with Crippen LogP contribution in [0.25, 0.3) is 0 Å². The summed E-state index contributed by atoms with van der Waals surface area (Å²) in [5.41, 5.74) is 6.17. The Labute approximate surface area is 95.5 Å². The molecule has 2 N–H and O–H groups in total. The van der Waals surface area contributed by atoms with E-state index >= 15 is 0 Å². The first-order chi connectivity index (χ1) is 6.99. The van der Waals surface area contributed by atoms with Gasteiger partial charge in [0.2, 0.25) is 0 Å². The summed E-state index contributed by atoms with van der Waals surface area (Å²) < 4.78 is 18.5. The lowest BCUT2D eigenvalue weighted by Crippen LogP contribution is -2.12. The third kappa shape index (κ3) is 2.28. The Morgan fingerprint density at radius 3 is 2.80 bits per heavy atom. The van der Waals surface area contributed by atoms with Crippen LogP contribution in [0.15, 0.2) is 10.5 Å². The van der Waals surface area contributed by atoms with Crippen LogP contribution >= 0.6 is 15.9 Å². The smallest absolute Gasteiger partial charge is 0.343 e. The molecular weight excluding hydrogens is 265 g/mol. The molecule has 0 unspecified atom stereocenters. The molecular formula is C10H11BrFNO2. The van der Waals surface area contributed by atoms with Crippen LogP contribution in [0.2, 0.25) is 0 Å². The summed E-state index contributed by atoms with van der Waals surface area (Å²) in [4.78, 5) is 11.4. The van der Waals surface area contributed by atoms with Crippen LogP contribution in [0.5, 0.6) is 0 Å². The zero-order valence-corrected chi connectivity index (χ0v) is 10.0. The van der Waals surface area contributed by atoms with Crippen molar-refractivity contribution in [1.29, 1.82) is 0 Å². The molecule has 15 heavy (non-hydrogen) atoms. The molecule has 0 saturated heterocycles. The third-order valence-corrected chi connectivity index (χ3v) is 2.52. The molecule has 1 rings (SSSR count). The van der Waals surface area contributed by atoms with Crippen molar-refractivity contribution in [2.24, 2.45) is 0 Å². The standard InChI is InChI=1S/C10H11BrFNO2/c1-3-15-10(14)7-8(12)6(11)4-5(2)9(7)13/h4H,3,13H2,1-2H3. The van der Waals surface area contributed by atoms with Crippen LogP contribution in [-0.4, -0.2) is 12.6 Å². The summed E-state index contributed by atoms with van der Waals surface area (Å²) in [6.07, 6.45) is 0. The number of hydrogen-bond acceptors (Lipinski definition) is 3. The van der Waals surface area contributed by atoms with Gasteiger partial charge in [0.05, 0.1) is 16.8 Å². The maximum absolute atomic E-state index is 13.6. The second-order valence-corrected chi connectivity index (χ2v) is 3.85. The van der Waals surface area contributed by atoms with Gasteiger partial charge < -0.3 is 10.5 Å². The van der Waals surface area contributed by atoms with Crippen LogP contribution in [0.4, 0.5) is 10.1 Å². The molecule has 1 aromatic rings. The molecule has 0 aliphatic carbocycles. The van der Waals surface area contributed by atoms with E-state index in [1.54, 1.807) is 13.8 Å². The van der Waals surface area contributed by atoms with Crippen molar-refractivity contribution in [2.75, 3.05) is 12.3 Å². The van der Waals surface area contributed by atoms with Crippen molar-refractivity contribution in [1.82, 2.24) is 0 Å². The lowest BCUT2D eigenvalue weighted by atomic mass is 10.1. The Hall–Kier alpha value is -1.10. The molecule has 0 atom stereocenters. The summed E-state index contributed by atoms with van der Waals surface area (Å²) in [5.74, 6) is -1.42. The Morgan fingerprint density at radius 1 is 1.67 bits per heavy atom. The summed E-state index contributed by atoms with van der Waals surface area (Å²) in [6.45, 7) is 3.53. The lowest BCUT2D eigenvalue weighted by Gasteiger charge is -2.10. The highest BCUT2D eigenvalue weighted by atomic mass is 79.9. The predicted molar refractivity (Wildman–Crippen MR) is 59.2 cm³/mol. The first kappa shape index (κ1) is 12.0. The minimum absolute atomic E-state index is 0.120. The SMILES string of the molecule is CCOC(=O)c1c(N)c(C)cc(Br)c1F. The van der Waals surface area contributed by atoms with Gasteiger partial charge in [-0.2, -0.15) is 0 Å². The highest BCUT2D eigenvalue weighted by molar-refractivity contribution is 9.10. The molecule has 0 fully saturated rings. The number of aryl methyl sites for hydroxylation is 1. The Balaban J connectivity index is 3.32. The van der Waals surface area contributed by atoms with Gasteiger partial charge in [0, 0.05) is 0 Å². The second kappa shape index (κ2) is 4.61. The lowest BCUT2D eigenvalue weighted by molar-refractivity contribution is 0.0522. The summed E-state index contributed by atoms with van der Waals surface area (Å²) >= 11 is 3.01. The highest BCUT2D eigenvalue weighted by Crippen LogP contribution is 2.28. The number of carbonyl (C=O) groups excluding carboxylic acids is 1. The maximum atomic E-state index is 13.6. The molecule has 0 aromatic heterocycles. The number of benzene rings is 1. The van der Waals surface area contributed by atoms with E-state index in [0.29, 0.717) is 5.56 Å². The van der Waals surface area contributed by atoms with Gasteiger partial charge >= 0.3 is 5.97 Å². The maximum Gasteiger partial charge on any atom is 0.343 e. The Bertz CT molecular complexity index is 381. The Morgan fingerprint density at radius 2 is 2.27 bits per heavy atom. The fourth-order valence-corrected chi connectivity index (χ4v) is 1.71. The van der Waals surface area contributed by atoms with Crippen LogP contribution in [0.3, 0.4) is 0 Å². The number of halogens is 2. The van der Waals surface area contributed by atoms with Gasteiger partial charge in [0.25, 0.3) is 0 Å². The summed E-state index contributed by atoms with van der Waals surface area (Å²) in [6, 6.07) is 1.52. The number of carbonyl (C=O) groups is 1. The fraction of sp³-hybridized carbons (Fsp3) is 0.300. The number of nitrogen functional groups attached to an aromatic ring is 1. The average molecular weight is 276 g/mol. The van der Waals surface area contributed by atoms with Crippen molar-refractivity contribution in [3.05, 3.63) is 27.5 Å². The molecule has 3 nitrogen and oxygen atoms in total. The van der Waals surface area contributed by atoms with E-state index in [2.05, 4.69) is 15.9 Å². The van der Waals surface area contributed by atoms with Gasteiger partial charge in [-0.05, 0) is 41.4 Å². The number of anilines is 1. The fourth-order valence-electron chi connectivity index (χ4n) is 1.17. The van der Waals surface area contributed by atoms with E-state index in [1.165, 1.54) is 6.07 Å². The van der Waals surface area contributed by atoms with Gasteiger partial charge in [-0.15, -0.1) is 0 Å². The van der Waals surface area contributed by atoms with Crippen molar-refractivity contribution >= 4 is 27.6 Å². The van der Waals surface area contributed by atoms with Crippen LogP contribution in [-0.2, 0) is 4.74 Å². The number of ether oxygens (including phenoxy) is 1. The summed E-state index contributed by atoms with van der Waals surface area (Å²) in [7, 11) is 0. The first-order valence-electron chi connectivity index (χ1n) is 4.40. The van der Waals surface area contributed by atoms with Crippen molar-refractivity contribution in [3.8, 4) is 0 Å². The van der Waals surface area contributed by atoms with E-state index in [-0.39, 0.29) is 22.3 Å². The minimum atomic E-state index is -0.739. The molecule has 0 amide bonds. The molecule has 0 saturated carbocycles. The molecule has 0 radical (unpaired) electrons. The molecule has 82 valence electrons. The van der Waals surface area contributed by atoms with Gasteiger partial charge in [0.15, 0.2) is 5.82 Å². The normalized spacial score (nSPS) is 10.1. The Kier molecular flexibility index (Phi) is 3.68. The number of nitrogens with two attached hydrogens (primary N) is 1. The van der Waals surface area contributed by atoms with E-state index in [9.17, 15) is 9.18 Å². The van der Waals surface area contributed by atoms with E-state index in [1.807, 2.05) is 0 Å². The third-order valence-electron chi connectivity index (χ3n) is 1.95. The minimum Gasteiger partial charge on any atom is -0.462 e. The quantitative estimate of drug-likeness (QED) is 0.667. The van der Waals surface area contributed by atoms with E-state index in [4.69, 9.17) is 10.5 Å². The van der Waals surface area contributed by atoms with Crippen LogP contribution < -0.4 is 5.73 Å². The van der Waals surface area contributed by atoms with Crippen LogP contribution in [0, 0.1) is 12.7 Å². The topological polar surface area (TPSA) is 52.3 Å². The molecule has 1 aromatic carbocycles. The van der Waals surface area contributed by atoms with E-state index in [0.717, 1.165) is 0 Å². The van der Waals surface area contributed by atoms with Gasteiger partial charge in [-0.1, -0.05) is 0 Å². The average Bonchev–Trinajstić information content (AvgIpc) is 2.16. The second-order valence-electron chi connectivity index (χ2n) is 3.00. The van der Waals surface area contributed by atoms with Crippen molar-refractivity contribution < 1.29 is 13.9 Å². The largest absolute Gasteiger partial charge is 0.462 e. The van der Waals surface area contributed by atoms with Gasteiger partial charge in [-0.3, -0.25) is 0 Å². The number of hydrogen-bond donors (Lipinski definition) is 1. The summed E-state index contributed by atoms with van der Waals surface area (Å²) in [5, 5.41) is 0. The van der Waals surface area contributed by atoms with Gasteiger partial charge in [0.1, 0.15) is 5.56 Å². The highest BCUT2D eigenvalue weighted by Gasteiger charge is 2.20. The number of rotatable bonds is 2. The zero-order valence-electron chi connectivity index (χ0n) is 8.43. The first-order valence-corrected chi connectivity index (χ1v) is 5.19. The monoisotopic (exact) mass is 275 g/mol. The molecule has 5 heteroatoms. The van der Waals surface area contributed by atoms with Crippen molar-refractivity contribution in [2.45, 2.75) is 13.8 Å². The zero-order chi connectivity index (χ0) is 11.6. The number of esters is 1. The van der Waals surface area contributed by atoms with Crippen LogP contribution in [0.1, 0.15) is 22.8 Å². The van der Waals surface area contributed by atoms with E-state index < -0.39 is 11.8 Å². The predicted octanol–water partition coefficient (Wildman–Crippen LogP) is 2.66. The molecule has 0 bridgehead atoms. The van der Waals surface area contributed by atoms with Crippen molar-refractivity contribution in [3.63, 3.8) is 0 Å². The van der Waals surface area contributed by atoms with Gasteiger partial charge in [-0.25, -0.2) is 9.18 Å².